The Morgan fingerprint density at radius 3 is 2.24 bits per heavy atom. The molecular formula is C20H13Cl2N5O2. The third-order valence-corrected chi connectivity index (χ3v) is 4.94. The van der Waals surface area contributed by atoms with Crippen molar-refractivity contribution < 1.29 is 4.92 Å². The second kappa shape index (κ2) is 7.54. The van der Waals surface area contributed by atoms with Crippen LogP contribution in [0.3, 0.4) is 0 Å². The molecule has 0 amide bonds. The van der Waals surface area contributed by atoms with E-state index in [1.54, 1.807) is 18.2 Å². The van der Waals surface area contributed by atoms with Crippen LogP contribution in [0.15, 0.2) is 60.7 Å². The summed E-state index contributed by atoms with van der Waals surface area (Å²) in [6.45, 7) is 0. The van der Waals surface area contributed by atoms with Crippen molar-refractivity contribution in [2.24, 2.45) is 0 Å². The number of nitrogens with zero attached hydrogens (tertiary/aromatic N) is 3. The highest BCUT2D eigenvalue weighted by atomic mass is 35.5. The molecule has 0 saturated heterocycles. The van der Waals surface area contributed by atoms with E-state index in [0.717, 1.165) is 5.56 Å². The lowest BCUT2D eigenvalue weighted by Gasteiger charge is -2.04. The van der Waals surface area contributed by atoms with Crippen molar-refractivity contribution >= 4 is 34.7 Å². The van der Waals surface area contributed by atoms with Crippen molar-refractivity contribution in [3.63, 3.8) is 0 Å². The lowest BCUT2D eigenvalue weighted by atomic mass is 10.1. The van der Waals surface area contributed by atoms with Gasteiger partial charge >= 0.3 is 5.69 Å². The Morgan fingerprint density at radius 1 is 0.931 bits per heavy atom. The monoisotopic (exact) mass is 425 g/mol. The van der Waals surface area contributed by atoms with E-state index in [2.05, 4.69) is 9.97 Å². The molecule has 29 heavy (non-hydrogen) atoms. The van der Waals surface area contributed by atoms with Crippen LogP contribution in [0, 0.1) is 10.1 Å². The topological polar surface area (TPSA) is 111 Å². The zero-order valence-electron chi connectivity index (χ0n) is 14.8. The van der Waals surface area contributed by atoms with E-state index in [-0.39, 0.29) is 11.5 Å². The minimum absolute atomic E-state index is 0.182. The number of halogens is 2. The Balaban J connectivity index is 1.95. The standard InChI is InChI=1S/C20H13Cl2N5O2/c21-12-7-4-8-13(22)16(12)20-25-17(11-5-2-1-3-6-11)18(26-20)14-9-10-15(27(28)29)19(23)24-14/h1-10H,(H2,23,24)(H,25,26). The Morgan fingerprint density at radius 2 is 1.62 bits per heavy atom. The number of H-pyrrole nitrogens is 1. The number of pyridine rings is 1. The Kier molecular flexibility index (Phi) is 4.92. The number of aromatic amines is 1. The quantitative estimate of drug-likeness (QED) is 0.326. The van der Waals surface area contributed by atoms with Gasteiger partial charge in [0, 0.05) is 11.6 Å². The van der Waals surface area contributed by atoms with Crippen LogP contribution in [-0.4, -0.2) is 19.9 Å². The zero-order chi connectivity index (χ0) is 20.5. The van der Waals surface area contributed by atoms with Crippen molar-refractivity contribution in [3.05, 3.63) is 80.8 Å². The van der Waals surface area contributed by atoms with Gasteiger partial charge in [-0.25, -0.2) is 9.97 Å². The van der Waals surface area contributed by atoms with Crippen LogP contribution in [0.1, 0.15) is 0 Å². The zero-order valence-corrected chi connectivity index (χ0v) is 16.3. The average molecular weight is 426 g/mol. The van der Waals surface area contributed by atoms with Gasteiger partial charge in [0.05, 0.1) is 37.6 Å². The molecule has 0 aliphatic rings. The minimum atomic E-state index is -0.577. The van der Waals surface area contributed by atoms with Crippen LogP contribution in [0.2, 0.25) is 10.0 Å². The highest BCUT2D eigenvalue weighted by Gasteiger charge is 2.21. The van der Waals surface area contributed by atoms with Crippen molar-refractivity contribution in [1.82, 2.24) is 15.0 Å². The number of nitrogen functional groups attached to an aromatic ring is 1. The number of aromatic nitrogens is 3. The number of nitrogens with two attached hydrogens (primary N) is 1. The molecule has 2 aromatic heterocycles. The summed E-state index contributed by atoms with van der Waals surface area (Å²) in [6.07, 6.45) is 0. The first kappa shape index (κ1) is 18.9. The molecule has 4 aromatic rings. The molecule has 0 aliphatic heterocycles. The van der Waals surface area contributed by atoms with E-state index in [0.29, 0.717) is 38.5 Å². The first-order chi connectivity index (χ1) is 14.0. The van der Waals surface area contributed by atoms with Crippen LogP contribution in [0.25, 0.3) is 34.0 Å². The third kappa shape index (κ3) is 3.53. The van der Waals surface area contributed by atoms with Gasteiger partial charge < -0.3 is 10.7 Å². The van der Waals surface area contributed by atoms with Gasteiger partial charge in [-0.1, -0.05) is 59.6 Å². The summed E-state index contributed by atoms with van der Waals surface area (Å²) in [6, 6.07) is 17.5. The minimum Gasteiger partial charge on any atom is -0.378 e. The maximum Gasteiger partial charge on any atom is 0.311 e. The first-order valence-electron chi connectivity index (χ1n) is 8.47. The van der Waals surface area contributed by atoms with Crippen LogP contribution in [-0.2, 0) is 0 Å². The van der Waals surface area contributed by atoms with E-state index in [4.69, 9.17) is 33.9 Å². The van der Waals surface area contributed by atoms with E-state index in [1.807, 2.05) is 30.3 Å². The number of hydrogen-bond acceptors (Lipinski definition) is 5. The third-order valence-electron chi connectivity index (χ3n) is 4.31. The van der Waals surface area contributed by atoms with Gasteiger partial charge in [0.15, 0.2) is 0 Å². The number of nitrogens with one attached hydrogen (secondary N) is 1. The van der Waals surface area contributed by atoms with Gasteiger partial charge in [0.2, 0.25) is 5.82 Å². The SMILES string of the molecule is Nc1nc(-c2[nH]c(-c3c(Cl)cccc3Cl)nc2-c2ccccc2)ccc1[N+](=O)[O-]. The lowest BCUT2D eigenvalue weighted by molar-refractivity contribution is -0.384. The van der Waals surface area contributed by atoms with Gasteiger partial charge in [-0.05, 0) is 18.2 Å². The lowest BCUT2D eigenvalue weighted by Crippen LogP contribution is -1.99. The summed E-state index contributed by atoms with van der Waals surface area (Å²) in [5.41, 5.74) is 8.45. The molecule has 0 unspecified atom stereocenters. The number of nitro groups is 1. The number of hydrogen-bond donors (Lipinski definition) is 2. The summed E-state index contributed by atoms with van der Waals surface area (Å²) < 4.78 is 0. The van der Waals surface area contributed by atoms with E-state index in [1.165, 1.54) is 12.1 Å². The summed E-state index contributed by atoms with van der Waals surface area (Å²) in [5.74, 6) is 0.270. The van der Waals surface area contributed by atoms with E-state index >= 15 is 0 Å². The largest absolute Gasteiger partial charge is 0.378 e. The molecule has 0 aliphatic carbocycles. The Bertz CT molecular complexity index is 1200. The van der Waals surface area contributed by atoms with E-state index < -0.39 is 4.92 Å². The van der Waals surface area contributed by atoms with Crippen molar-refractivity contribution in [2.75, 3.05) is 5.73 Å². The fourth-order valence-corrected chi connectivity index (χ4v) is 3.54. The van der Waals surface area contributed by atoms with Gasteiger partial charge in [0.25, 0.3) is 0 Å². The van der Waals surface area contributed by atoms with Gasteiger partial charge in [-0.3, -0.25) is 10.1 Å². The number of rotatable bonds is 4. The smallest absolute Gasteiger partial charge is 0.311 e. The predicted octanol–water partition coefficient (Wildman–Crippen LogP) is 5.60. The van der Waals surface area contributed by atoms with Crippen molar-refractivity contribution in [2.45, 2.75) is 0 Å². The highest BCUT2D eigenvalue weighted by Crippen LogP contribution is 2.38. The van der Waals surface area contributed by atoms with Crippen molar-refractivity contribution in [3.8, 4) is 34.0 Å². The second-order valence-electron chi connectivity index (χ2n) is 6.13. The summed E-state index contributed by atoms with van der Waals surface area (Å²) >= 11 is 12.7. The predicted molar refractivity (Wildman–Crippen MR) is 114 cm³/mol. The van der Waals surface area contributed by atoms with Gasteiger partial charge in [-0.15, -0.1) is 0 Å². The molecule has 3 N–H and O–H groups in total. The summed E-state index contributed by atoms with van der Waals surface area (Å²) in [4.78, 5) is 22.6. The fraction of sp³-hybridized carbons (Fsp3) is 0. The molecule has 0 saturated carbocycles. The highest BCUT2D eigenvalue weighted by molar-refractivity contribution is 6.39. The maximum atomic E-state index is 11.1. The summed E-state index contributed by atoms with van der Waals surface area (Å²) in [7, 11) is 0. The number of imidazole rings is 1. The van der Waals surface area contributed by atoms with Gasteiger partial charge in [-0.2, -0.15) is 0 Å². The second-order valence-corrected chi connectivity index (χ2v) is 6.94. The fourth-order valence-electron chi connectivity index (χ4n) is 2.97. The molecule has 2 heterocycles. The molecule has 2 aromatic carbocycles. The van der Waals surface area contributed by atoms with Gasteiger partial charge in [0.1, 0.15) is 5.82 Å². The maximum absolute atomic E-state index is 11.1. The van der Waals surface area contributed by atoms with Crippen LogP contribution < -0.4 is 5.73 Å². The molecule has 144 valence electrons. The molecule has 7 nitrogen and oxygen atoms in total. The molecule has 0 spiro atoms. The molecular weight excluding hydrogens is 413 g/mol. The Hall–Kier alpha value is -3.42. The molecule has 0 radical (unpaired) electrons. The molecule has 0 bridgehead atoms. The first-order valence-corrected chi connectivity index (χ1v) is 9.22. The van der Waals surface area contributed by atoms with Crippen molar-refractivity contribution in [1.29, 1.82) is 0 Å². The van der Waals surface area contributed by atoms with E-state index in [9.17, 15) is 10.1 Å². The molecule has 4 rings (SSSR count). The summed E-state index contributed by atoms with van der Waals surface area (Å²) in [5, 5.41) is 11.9. The Labute approximate surface area is 175 Å². The molecule has 9 heteroatoms. The number of benzene rings is 2. The van der Waals surface area contributed by atoms with Crippen LogP contribution in [0.4, 0.5) is 11.5 Å². The van der Waals surface area contributed by atoms with Crippen LogP contribution >= 0.6 is 23.2 Å². The number of anilines is 1. The normalized spacial score (nSPS) is 10.8. The molecule has 0 fully saturated rings. The van der Waals surface area contributed by atoms with Crippen LogP contribution in [0.5, 0.6) is 0 Å². The molecule has 0 atom stereocenters. The average Bonchev–Trinajstić information content (AvgIpc) is 3.13.